The second kappa shape index (κ2) is 7.06. The van der Waals surface area contributed by atoms with Gasteiger partial charge in [0.05, 0.1) is 19.8 Å². The van der Waals surface area contributed by atoms with E-state index >= 15 is 0 Å². The summed E-state index contributed by atoms with van der Waals surface area (Å²) >= 11 is 5.03. The van der Waals surface area contributed by atoms with Crippen molar-refractivity contribution >= 4 is 35.4 Å². The number of ether oxygens (including phenoxy) is 1. The molecule has 0 saturated carbocycles. The van der Waals surface area contributed by atoms with Gasteiger partial charge in [0.15, 0.2) is 11.0 Å². The first-order valence-electron chi connectivity index (χ1n) is 6.91. The lowest BCUT2D eigenvalue weighted by atomic mass is 10.1. The maximum absolute atomic E-state index is 12.1. The largest absolute Gasteiger partial charge is 0.379 e. The molecule has 2 aliphatic heterocycles. The Morgan fingerprint density at radius 1 is 1.24 bits per heavy atom. The van der Waals surface area contributed by atoms with Gasteiger partial charge in [0.2, 0.25) is 11.8 Å². The van der Waals surface area contributed by atoms with Crippen LogP contribution in [0.4, 0.5) is 0 Å². The summed E-state index contributed by atoms with van der Waals surface area (Å²) in [6.07, 6.45) is 1.44. The Labute approximate surface area is 129 Å². The highest BCUT2D eigenvalue weighted by atomic mass is 32.1. The summed E-state index contributed by atoms with van der Waals surface area (Å²) in [5.74, 6) is -1.51. The summed E-state index contributed by atoms with van der Waals surface area (Å²) in [4.78, 5) is 33.2. The van der Waals surface area contributed by atoms with Crippen molar-refractivity contribution in [3.8, 4) is 0 Å². The molecule has 0 radical (unpaired) electrons. The SMILES string of the molecule is CN1C(=O)C(C=NCCN2CCOCC2)C(=O)N(C)C1=S. The minimum absolute atomic E-state index is 0.225. The lowest BCUT2D eigenvalue weighted by Gasteiger charge is -2.33. The zero-order chi connectivity index (χ0) is 15.4. The highest BCUT2D eigenvalue weighted by Gasteiger charge is 2.39. The first kappa shape index (κ1) is 16.0. The van der Waals surface area contributed by atoms with Crippen molar-refractivity contribution in [1.82, 2.24) is 14.7 Å². The lowest BCUT2D eigenvalue weighted by Crippen LogP contribution is -2.57. The minimum atomic E-state index is -0.864. The molecule has 2 fully saturated rings. The van der Waals surface area contributed by atoms with Gasteiger partial charge in [0, 0.05) is 39.9 Å². The summed E-state index contributed by atoms with van der Waals surface area (Å²) in [7, 11) is 3.14. The average Bonchev–Trinajstić information content (AvgIpc) is 2.51. The van der Waals surface area contributed by atoms with E-state index in [0.29, 0.717) is 6.54 Å². The zero-order valence-corrected chi connectivity index (χ0v) is 13.1. The van der Waals surface area contributed by atoms with Crippen LogP contribution < -0.4 is 0 Å². The fraction of sp³-hybridized carbons (Fsp3) is 0.692. The Kier molecular flexibility index (Phi) is 5.38. The predicted octanol–water partition coefficient (Wildman–Crippen LogP) is -0.779. The van der Waals surface area contributed by atoms with Crippen molar-refractivity contribution in [2.24, 2.45) is 10.9 Å². The van der Waals surface area contributed by atoms with Crippen molar-refractivity contribution in [1.29, 1.82) is 0 Å². The summed E-state index contributed by atoms with van der Waals surface area (Å²) < 4.78 is 5.27. The van der Waals surface area contributed by atoms with Crippen molar-refractivity contribution < 1.29 is 14.3 Å². The number of carbonyl (C=O) groups excluding carboxylic acids is 2. The quantitative estimate of drug-likeness (QED) is 0.387. The zero-order valence-electron chi connectivity index (χ0n) is 12.3. The van der Waals surface area contributed by atoms with Crippen LogP contribution in [-0.2, 0) is 14.3 Å². The third kappa shape index (κ3) is 3.63. The van der Waals surface area contributed by atoms with Crippen molar-refractivity contribution in [2.75, 3.05) is 53.5 Å². The standard InChI is InChI=1S/C13H20N4O3S/c1-15-11(18)10(12(19)16(2)13(15)21)9-14-3-4-17-5-7-20-8-6-17/h9-10H,3-8H2,1-2H3. The fourth-order valence-electron chi connectivity index (χ4n) is 2.27. The molecule has 0 unspecified atom stereocenters. The second-order valence-corrected chi connectivity index (χ2v) is 5.43. The molecule has 8 heteroatoms. The third-order valence-corrected chi connectivity index (χ3v) is 4.22. The van der Waals surface area contributed by atoms with Crippen LogP contribution in [-0.4, -0.2) is 91.3 Å². The predicted molar refractivity (Wildman–Crippen MR) is 82.2 cm³/mol. The lowest BCUT2D eigenvalue weighted by molar-refractivity contribution is -0.142. The number of carbonyl (C=O) groups is 2. The van der Waals surface area contributed by atoms with Crippen molar-refractivity contribution in [3.63, 3.8) is 0 Å². The molecule has 116 valence electrons. The van der Waals surface area contributed by atoms with Gasteiger partial charge >= 0.3 is 0 Å². The Hall–Kier alpha value is -1.38. The maximum atomic E-state index is 12.1. The number of nitrogens with zero attached hydrogens (tertiary/aromatic N) is 4. The number of aliphatic imine (C=N–C) groups is 1. The Bertz CT molecular complexity index is 438. The van der Waals surface area contributed by atoms with E-state index in [1.165, 1.54) is 16.0 Å². The van der Waals surface area contributed by atoms with Crippen LogP contribution in [0.2, 0.25) is 0 Å². The molecule has 0 atom stereocenters. The normalized spacial score (nSPS) is 22.7. The Morgan fingerprint density at radius 3 is 2.38 bits per heavy atom. The number of thiocarbonyl (C=S) groups is 1. The number of rotatable bonds is 4. The highest BCUT2D eigenvalue weighted by Crippen LogP contribution is 2.13. The number of morpholine rings is 1. The van der Waals surface area contributed by atoms with Gasteiger partial charge in [0.25, 0.3) is 0 Å². The van der Waals surface area contributed by atoms with Gasteiger partial charge < -0.3 is 4.74 Å². The smallest absolute Gasteiger partial charge is 0.246 e. The van der Waals surface area contributed by atoms with E-state index in [1.807, 2.05) is 0 Å². The van der Waals surface area contributed by atoms with Crippen LogP contribution in [0.5, 0.6) is 0 Å². The maximum Gasteiger partial charge on any atom is 0.246 e. The van der Waals surface area contributed by atoms with Crippen LogP contribution in [0.15, 0.2) is 4.99 Å². The number of amides is 2. The Balaban J connectivity index is 1.88. The highest BCUT2D eigenvalue weighted by molar-refractivity contribution is 7.80. The molecular weight excluding hydrogens is 292 g/mol. The molecular formula is C13H20N4O3S. The summed E-state index contributed by atoms with van der Waals surface area (Å²) in [6, 6.07) is 0. The molecule has 2 rings (SSSR count). The molecule has 2 amide bonds. The molecule has 2 aliphatic rings. The molecule has 0 bridgehead atoms. The number of hydrogen-bond donors (Lipinski definition) is 0. The summed E-state index contributed by atoms with van der Waals surface area (Å²) in [5.41, 5.74) is 0. The van der Waals surface area contributed by atoms with Crippen molar-refractivity contribution in [2.45, 2.75) is 0 Å². The van der Waals surface area contributed by atoms with Crippen LogP contribution in [0.3, 0.4) is 0 Å². The van der Waals surface area contributed by atoms with Gasteiger partial charge in [-0.15, -0.1) is 0 Å². The fourth-order valence-corrected chi connectivity index (χ4v) is 2.45. The van der Waals surface area contributed by atoms with Crippen LogP contribution in [0.25, 0.3) is 0 Å². The van der Waals surface area contributed by atoms with E-state index in [4.69, 9.17) is 17.0 Å². The molecule has 21 heavy (non-hydrogen) atoms. The van der Waals surface area contributed by atoms with Gasteiger partial charge in [-0.2, -0.15) is 0 Å². The molecule has 2 heterocycles. The van der Waals surface area contributed by atoms with Gasteiger partial charge in [0.1, 0.15) is 0 Å². The molecule has 0 aromatic rings. The Morgan fingerprint density at radius 2 is 1.81 bits per heavy atom. The molecule has 0 spiro atoms. The van der Waals surface area contributed by atoms with Gasteiger partial charge in [-0.3, -0.25) is 29.3 Å². The van der Waals surface area contributed by atoms with E-state index in [-0.39, 0.29) is 16.9 Å². The topological polar surface area (TPSA) is 65.5 Å². The summed E-state index contributed by atoms with van der Waals surface area (Å²) in [5, 5.41) is 0.225. The minimum Gasteiger partial charge on any atom is -0.379 e. The third-order valence-electron chi connectivity index (χ3n) is 3.67. The second-order valence-electron chi connectivity index (χ2n) is 5.06. The molecule has 0 aromatic heterocycles. The van der Waals surface area contributed by atoms with Crippen LogP contribution in [0, 0.1) is 5.92 Å². The van der Waals surface area contributed by atoms with Gasteiger partial charge in [-0.25, -0.2) is 0 Å². The van der Waals surface area contributed by atoms with Gasteiger partial charge in [-0.05, 0) is 12.2 Å². The van der Waals surface area contributed by atoms with E-state index in [1.54, 1.807) is 14.1 Å². The van der Waals surface area contributed by atoms with Crippen LogP contribution >= 0.6 is 12.2 Å². The molecule has 7 nitrogen and oxygen atoms in total. The molecule has 0 N–H and O–H groups in total. The molecule has 2 saturated heterocycles. The molecule has 0 aromatic carbocycles. The average molecular weight is 312 g/mol. The molecule has 0 aliphatic carbocycles. The summed E-state index contributed by atoms with van der Waals surface area (Å²) in [6.45, 7) is 4.66. The van der Waals surface area contributed by atoms with E-state index in [2.05, 4.69) is 9.89 Å². The van der Waals surface area contributed by atoms with E-state index < -0.39 is 5.92 Å². The monoisotopic (exact) mass is 312 g/mol. The van der Waals surface area contributed by atoms with Crippen LogP contribution in [0.1, 0.15) is 0 Å². The van der Waals surface area contributed by atoms with E-state index in [9.17, 15) is 9.59 Å². The van der Waals surface area contributed by atoms with Crippen molar-refractivity contribution in [3.05, 3.63) is 0 Å². The first-order valence-corrected chi connectivity index (χ1v) is 7.32. The number of hydrogen-bond acceptors (Lipinski definition) is 6. The van der Waals surface area contributed by atoms with E-state index in [0.717, 1.165) is 32.8 Å². The first-order chi connectivity index (χ1) is 10.0. The van der Waals surface area contributed by atoms with Gasteiger partial charge in [-0.1, -0.05) is 0 Å².